The predicted molar refractivity (Wildman–Crippen MR) is 105 cm³/mol. The summed E-state index contributed by atoms with van der Waals surface area (Å²) in [7, 11) is 0. The molecule has 2 N–H and O–H groups in total. The zero-order chi connectivity index (χ0) is 21.2. The molecule has 0 saturated carbocycles. The Morgan fingerprint density at radius 3 is 2.48 bits per heavy atom. The van der Waals surface area contributed by atoms with E-state index in [1.165, 1.54) is 0 Å². The standard InChI is InChI=1S/C21H28F3N3O2/c1-3-13(2)27-10-8-14(9-11-27)16-5-4-15(12-17(16)21(22,23)24)25-18-6-7-19(28)26-20(18)29/h4-5,12-14,18,25H,3,6-11H2,1-2H3,(H,26,28,29). The fraction of sp³-hybridized carbons (Fsp3) is 0.619. The van der Waals surface area contributed by atoms with E-state index in [4.69, 9.17) is 0 Å². The number of anilines is 1. The summed E-state index contributed by atoms with van der Waals surface area (Å²) in [5, 5.41) is 5.06. The first kappa shape index (κ1) is 21.6. The van der Waals surface area contributed by atoms with Gasteiger partial charge in [0.05, 0.1) is 5.56 Å². The molecule has 3 rings (SSSR count). The Bertz CT molecular complexity index is 758. The summed E-state index contributed by atoms with van der Waals surface area (Å²) in [5.74, 6) is -0.990. The van der Waals surface area contributed by atoms with Crippen LogP contribution in [-0.2, 0) is 15.8 Å². The van der Waals surface area contributed by atoms with Gasteiger partial charge in [-0.15, -0.1) is 0 Å². The molecule has 0 spiro atoms. The molecule has 2 aliphatic heterocycles. The zero-order valence-electron chi connectivity index (χ0n) is 16.8. The highest BCUT2D eigenvalue weighted by atomic mass is 19.4. The summed E-state index contributed by atoms with van der Waals surface area (Å²) in [6.07, 6.45) is -1.60. The van der Waals surface area contributed by atoms with Crippen LogP contribution in [0.5, 0.6) is 0 Å². The van der Waals surface area contributed by atoms with Crippen LogP contribution in [0, 0.1) is 0 Å². The fourth-order valence-electron chi connectivity index (χ4n) is 4.19. The van der Waals surface area contributed by atoms with Crippen LogP contribution in [0.2, 0.25) is 0 Å². The molecule has 2 aliphatic rings. The number of benzene rings is 1. The van der Waals surface area contributed by atoms with Crippen molar-refractivity contribution in [3.8, 4) is 0 Å². The first-order valence-corrected chi connectivity index (χ1v) is 10.2. The maximum Gasteiger partial charge on any atom is 0.416 e. The van der Waals surface area contributed by atoms with Crippen molar-refractivity contribution in [3.63, 3.8) is 0 Å². The highest BCUT2D eigenvalue weighted by Gasteiger charge is 2.37. The Labute approximate surface area is 169 Å². The number of likely N-dealkylation sites (tertiary alicyclic amines) is 1. The Morgan fingerprint density at radius 1 is 1.21 bits per heavy atom. The average molecular weight is 411 g/mol. The second kappa shape index (κ2) is 8.73. The molecule has 0 aliphatic carbocycles. The summed E-state index contributed by atoms with van der Waals surface area (Å²) >= 11 is 0. The normalized spacial score (nSPS) is 23.0. The van der Waals surface area contributed by atoms with Crippen LogP contribution in [-0.4, -0.2) is 41.9 Å². The lowest BCUT2D eigenvalue weighted by molar-refractivity contribution is -0.138. The van der Waals surface area contributed by atoms with Gasteiger partial charge in [0.2, 0.25) is 11.8 Å². The molecule has 2 atom stereocenters. The van der Waals surface area contributed by atoms with Crippen molar-refractivity contribution < 1.29 is 22.8 Å². The maximum absolute atomic E-state index is 13.8. The van der Waals surface area contributed by atoms with Crippen LogP contribution < -0.4 is 10.6 Å². The van der Waals surface area contributed by atoms with Gasteiger partial charge in [-0.05, 0) is 69.3 Å². The van der Waals surface area contributed by atoms with Crippen LogP contribution in [0.15, 0.2) is 18.2 Å². The van der Waals surface area contributed by atoms with Crippen molar-refractivity contribution in [1.29, 1.82) is 0 Å². The van der Waals surface area contributed by atoms with Crippen molar-refractivity contribution in [2.24, 2.45) is 0 Å². The molecule has 2 heterocycles. The second-order valence-corrected chi connectivity index (χ2v) is 8.02. The summed E-state index contributed by atoms with van der Waals surface area (Å²) in [6, 6.07) is 3.98. The second-order valence-electron chi connectivity index (χ2n) is 8.02. The molecule has 2 saturated heterocycles. The molecule has 0 radical (unpaired) electrons. The van der Waals surface area contributed by atoms with Gasteiger partial charge in [0.15, 0.2) is 0 Å². The van der Waals surface area contributed by atoms with E-state index >= 15 is 0 Å². The third-order valence-corrected chi connectivity index (χ3v) is 6.12. The van der Waals surface area contributed by atoms with E-state index in [2.05, 4.69) is 29.4 Å². The van der Waals surface area contributed by atoms with Crippen molar-refractivity contribution in [3.05, 3.63) is 29.3 Å². The number of piperidine rings is 2. The summed E-state index contributed by atoms with van der Waals surface area (Å²) in [5.41, 5.74) is -0.0699. The number of alkyl halides is 3. The summed E-state index contributed by atoms with van der Waals surface area (Å²) in [6.45, 7) is 5.87. The number of nitrogens with zero attached hydrogens (tertiary/aromatic N) is 1. The highest BCUT2D eigenvalue weighted by molar-refractivity contribution is 6.01. The Morgan fingerprint density at radius 2 is 1.90 bits per heavy atom. The van der Waals surface area contributed by atoms with Gasteiger partial charge in [-0.2, -0.15) is 13.2 Å². The molecule has 2 unspecified atom stereocenters. The Kier molecular flexibility index (Phi) is 6.51. The monoisotopic (exact) mass is 411 g/mol. The van der Waals surface area contributed by atoms with E-state index in [0.29, 0.717) is 24.4 Å². The Hall–Kier alpha value is -2.09. The first-order valence-electron chi connectivity index (χ1n) is 10.2. The van der Waals surface area contributed by atoms with E-state index in [-0.39, 0.29) is 30.4 Å². The minimum atomic E-state index is -4.47. The van der Waals surface area contributed by atoms with Crippen molar-refractivity contribution in [2.75, 3.05) is 18.4 Å². The number of nitrogens with one attached hydrogen (secondary N) is 2. The third-order valence-electron chi connectivity index (χ3n) is 6.12. The summed E-state index contributed by atoms with van der Waals surface area (Å²) < 4.78 is 41.4. The lowest BCUT2D eigenvalue weighted by Gasteiger charge is -2.36. The van der Waals surface area contributed by atoms with E-state index in [0.717, 1.165) is 25.6 Å². The number of carbonyl (C=O) groups excluding carboxylic acids is 2. The molecule has 160 valence electrons. The quantitative estimate of drug-likeness (QED) is 0.722. The molecular weight excluding hydrogens is 383 g/mol. The highest BCUT2D eigenvalue weighted by Crippen LogP contribution is 2.40. The van der Waals surface area contributed by atoms with Crippen LogP contribution in [0.4, 0.5) is 18.9 Å². The molecule has 5 nitrogen and oxygen atoms in total. The minimum Gasteiger partial charge on any atom is -0.374 e. The number of carbonyl (C=O) groups is 2. The third kappa shape index (κ3) is 5.10. The average Bonchev–Trinajstić information content (AvgIpc) is 2.69. The first-order chi connectivity index (χ1) is 13.7. The number of hydrogen-bond acceptors (Lipinski definition) is 4. The van der Waals surface area contributed by atoms with E-state index in [9.17, 15) is 22.8 Å². The lowest BCUT2D eigenvalue weighted by atomic mass is 9.85. The lowest BCUT2D eigenvalue weighted by Crippen LogP contribution is -2.47. The van der Waals surface area contributed by atoms with Crippen molar-refractivity contribution >= 4 is 17.5 Å². The zero-order valence-corrected chi connectivity index (χ0v) is 16.8. The SMILES string of the molecule is CCC(C)N1CCC(c2ccc(NC3CCC(=O)NC3=O)cc2C(F)(F)F)CC1. The maximum atomic E-state index is 13.8. The van der Waals surface area contributed by atoms with Crippen LogP contribution in [0.25, 0.3) is 0 Å². The number of halogens is 3. The van der Waals surface area contributed by atoms with Crippen LogP contribution in [0.3, 0.4) is 0 Å². The molecule has 2 amide bonds. The van der Waals surface area contributed by atoms with Gasteiger partial charge in [-0.3, -0.25) is 14.9 Å². The number of hydrogen-bond donors (Lipinski definition) is 2. The van der Waals surface area contributed by atoms with Crippen molar-refractivity contribution in [2.45, 2.75) is 70.1 Å². The van der Waals surface area contributed by atoms with E-state index in [1.807, 2.05) is 0 Å². The predicted octanol–water partition coefficient (Wildman–Crippen LogP) is 3.90. The smallest absolute Gasteiger partial charge is 0.374 e. The van der Waals surface area contributed by atoms with Gasteiger partial charge in [0.1, 0.15) is 6.04 Å². The van der Waals surface area contributed by atoms with Gasteiger partial charge in [0, 0.05) is 18.2 Å². The van der Waals surface area contributed by atoms with Gasteiger partial charge >= 0.3 is 6.18 Å². The van der Waals surface area contributed by atoms with E-state index in [1.54, 1.807) is 12.1 Å². The largest absolute Gasteiger partial charge is 0.416 e. The van der Waals surface area contributed by atoms with Crippen molar-refractivity contribution in [1.82, 2.24) is 10.2 Å². The van der Waals surface area contributed by atoms with E-state index < -0.39 is 23.7 Å². The number of amides is 2. The molecule has 1 aromatic carbocycles. The molecule has 2 fully saturated rings. The van der Waals surface area contributed by atoms with Gasteiger partial charge in [-0.1, -0.05) is 13.0 Å². The van der Waals surface area contributed by atoms with Gasteiger partial charge in [0.25, 0.3) is 0 Å². The molecule has 1 aromatic rings. The van der Waals surface area contributed by atoms with Gasteiger partial charge < -0.3 is 10.2 Å². The number of rotatable bonds is 5. The fourth-order valence-corrected chi connectivity index (χ4v) is 4.19. The Balaban J connectivity index is 1.77. The molecule has 0 aromatic heterocycles. The molecular formula is C21H28F3N3O2. The summed E-state index contributed by atoms with van der Waals surface area (Å²) in [4.78, 5) is 25.5. The van der Waals surface area contributed by atoms with Crippen LogP contribution in [0.1, 0.15) is 63.0 Å². The molecule has 29 heavy (non-hydrogen) atoms. The topological polar surface area (TPSA) is 61.4 Å². The minimum absolute atomic E-state index is 0.128. The van der Waals surface area contributed by atoms with Crippen LogP contribution >= 0.6 is 0 Å². The number of imide groups is 1. The van der Waals surface area contributed by atoms with Gasteiger partial charge in [-0.25, -0.2) is 0 Å². The molecule has 8 heteroatoms. The molecule has 0 bridgehead atoms.